The lowest BCUT2D eigenvalue weighted by atomic mass is 10.1. The fourth-order valence-corrected chi connectivity index (χ4v) is 2.89. The maximum absolute atomic E-state index is 12.2. The van der Waals surface area contributed by atoms with Gasteiger partial charge in [-0.05, 0) is 18.1 Å². The highest BCUT2D eigenvalue weighted by Crippen LogP contribution is 2.23. The van der Waals surface area contributed by atoms with E-state index in [-0.39, 0.29) is 5.91 Å². The summed E-state index contributed by atoms with van der Waals surface area (Å²) in [4.78, 5) is 25.9. The van der Waals surface area contributed by atoms with Crippen LogP contribution in [0.4, 0.5) is 5.13 Å². The van der Waals surface area contributed by atoms with Gasteiger partial charge in [-0.3, -0.25) is 15.1 Å². The quantitative estimate of drug-likeness (QED) is 0.941. The van der Waals surface area contributed by atoms with Crippen molar-refractivity contribution in [3.63, 3.8) is 0 Å². The van der Waals surface area contributed by atoms with Crippen molar-refractivity contribution >= 4 is 28.1 Å². The van der Waals surface area contributed by atoms with Crippen molar-refractivity contribution in [1.29, 1.82) is 0 Å². The molecule has 3 heterocycles. The number of anilines is 1. The Kier molecular flexibility index (Phi) is 4.15. The van der Waals surface area contributed by atoms with E-state index in [1.807, 2.05) is 17.5 Å². The summed E-state index contributed by atoms with van der Waals surface area (Å²) < 4.78 is 0. The van der Waals surface area contributed by atoms with Gasteiger partial charge in [0.15, 0.2) is 5.13 Å². The second-order valence-electron chi connectivity index (χ2n) is 5.30. The number of thiazole rings is 1. The number of amides is 1. The molecule has 0 fully saturated rings. The Hall–Kier alpha value is -2.28. The van der Waals surface area contributed by atoms with Crippen molar-refractivity contribution in [1.82, 2.24) is 9.97 Å². The molecule has 6 nitrogen and oxygen atoms in total. The summed E-state index contributed by atoms with van der Waals surface area (Å²) in [6.07, 6.45) is 3.21. The highest BCUT2D eigenvalue weighted by atomic mass is 32.1. The van der Waals surface area contributed by atoms with Crippen molar-refractivity contribution < 1.29 is 9.63 Å². The Bertz CT molecular complexity index is 697. The van der Waals surface area contributed by atoms with Crippen LogP contribution in [0.1, 0.15) is 37.4 Å². The monoisotopic (exact) mass is 316 g/mol. The van der Waals surface area contributed by atoms with Crippen LogP contribution in [0.3, 0.4) is 0 Å². The Labute approximate surface area is 132 Å². The summed E-state index contributed by atoms with van der Waals surface area (Å²) in [5, 5.41) is 9.31. The van der Waals surface area contributed by atoms with Gasteiger partial charge in [0.2, 0.25) is 6.10 Å². The molecule has 0 radical (unpaired) electrons. The van der Waals surface area contributed by atoms with E-state index < -0.39 is 6.10 Å². The second-order valence-corrected chi connectivity index (χ2v) is 6.16. The normalized spacial score (nSPS) is 17.2. The Morgan fingerprint density at radius 1 is 1.50 bits per heavy atom. The van der Waals surface area contributed by atoms with E-state index in [9.17, 15) is 4.79 Å². The third kappa shape index (κ3) is 3.14. The van der Waals surface area contributed by atoms with Gasteiger partial charge in [-0.1, -0.05) is 19.0 Å². The molecule has 0 saturated carbocycles. The van der Waals surface area contributed by atoms with E-state index >= 15 is 0 Å². The lowest BCUT2D eigenvalue weighted by Gasteiger charge is -2.07. The van der Waals surface area contributed by atoms with Crippen LogP contribution in [-0.2, 0) is 9.63 Å². The molecule has 2 aromatic heterocycles. The van der Waals surface area contributed by atoms with Gasteiger partial charge < -0.3 is 4.84 Å². The number of nitrogens with zero attached hydrogens (tertiary/aromatic N) is 3. The van der Waals surface area contributed by atoms with Gasteiger partial charge in [0.1, 0.15) is 0 Å². The van der Waals surface area contributed by atoms with Crippen LogP contribution in [0.2, 0.25) is 0 Å². The zero-order chi connectivity index (χ0) is 15.5. The van der Waals surface area contributed by atoms with E-state index in [0.717, 1.165) is 17.0 Å². The minimum Gasteiger partial charge on any atom is -0.382 e. The maximum Gasteiger partial charge on any atom is 0.270 e. The summed E-state index contributed by atoms with van der Waals surface area (Å²) in [6, 6.07) is 3.72. The van der Waals surface area contributed by atoms with Gasteiger partial charge in [-0.2, -0.15) is 0 Å². The predicted octanol–water partition coefficient (Wildman–Crippen LogP) is 2.79. The van der Waals surface area contributed by atoms with Gasteiger partial charge >= 0.3 is 0 Å². The van der Waals surface area contributed by atoms with Crippen LogP contribution < -0.4 is 5.32 Å². The Morgan fingerprint density at radius 2 is 2.36 bits per heavy atom. The van der Waals surface area contributed by atoms with Gasteiger partial charge in [0.05, 0.1) is 11.4 Å². The molecule has 22 heavy (non-hydrogen) atoms. The number of carbonyl (C=O) groups is 1. The predicted molar refractivity (Wildman–Crippen MR) is 85.1 cm³/mol. The largest absolute Gasteiger partial charge is 0.382 e. The van der Waals surface area contributed by atoms with E-state index in [0.29, 0.717) is 17.5 Å². The minimum absolute atomic E-state index is 0.229. The molecule has 0 unspecified atom stereocenters. The third-order valence-electron chi connectivity index (χ3n) is 3.30. The molecule has 7 heteroatoms. The van der Waals surface area contributed by atoms with Crippen LogP contribution in [0.25, 0.3) is 0 Å². The van der Waals surface area contributed by atoms with Gasteiger partial charge in [0.25, 0.3) is 5.91 Å². The molecule has 1 atom stereocenters. The first-order valence-electron chi connectivity index (χ1n) is 7.03. The molecular formula is C15H16N4O2S. The standard InChI is InChI=1S/C15H16N4O2S/c1-9(2)12-8-22-15(17-12)18-14(20)13-6-11(19-21-13)10-4-3-5-16-7-10/h3-5,7-9,13H,6H2,1-2H3,(H,17,18,20)/t13-/m0/s1. The summed E-state index contributed by atoms with van der Waals surface area (Å²) in [6.45, 7) is 4.13. The molecule has 0 aliphatic carbocycles. The zero-order valence-electron chi connectivity index (χ0n) is 12.3. The summed E-state index contributed by atoms with van der Waals surface area (Å²) in [7, 11) is 0. The highest BCUT2D eigenvalue weighted by Gasteiger charge is 2.29. The molecule has 3 rings (SSSR count). The van der Waals surface area contributed by atoms with Gasteiger partial charge in [0, 0.05) is 29.8 Å². The average Bonchev–Trinajstić information content (AvgIpc) is 3.17. The fraction of sp³-hybridized carbons (Fsp3) is 0.333. The smallest absolute Gasteiger partial charge is 0.270 e. The number of pyridine rings is 1. The molecule has 1 N–H and O–H groups in total. The number of aromatic nitrogens is 2. The molecule has 0 bridgehead atoms. The molecule has 114 valence electrons. The van der Waals surface area contributed by atoms with Crippen molar-refractivity contribution in [3.05, 3.63) is 41.2 Å². The number of rotatable bonds is 4. The summed E-state index contributed by atoms with van der Waals surface area (Å²) in [5.74, 6) is 0.109. The first-order chi connectivity index (χ1) is 10.6. The van der Waals surface area contributed by atoms with Crippen LogP contribution >= 0.6 is 11.3 Å². The molecule has 1 aliphatic heterocycles. The lowest BCUT2D eigenvalue weighted by Crippen LogP contribution is -2.28. The first kappa shape index (κ1) is 14.6. The van der Waals surface area contributed by atoms with Crippen molar-refractivity contribution in [3.8, 4) is 0 Å². The molecule has 0 saturated heterocycles. The van der Waals surface area contributed by atoms with Crippen molar-refractivity contribution in [2.24, 2.45) is 5.16 Å². The topological polar surface area (TPSA) is 76.5 Å². The van der Waals surface area contributed by atoms with Crippen LogP contribution in [0.5, 0.6) is 0 Å². The molecule has 0 spiro atoms. The average molecular weight is 316 g/mol. The van der Waals surface area contributed by atoms with E-state index in [4.69, 9.17) is 4.84 Å². The zero-order valence-corrected chi connectivity index (χ0v) is 13.1. The number of hydrogen-bond donors (Lipinski definition) is 1. The molecule has 1 aliphatic rings. The van der Waals surface area contributed by atoms with Gasteiger partial charge in [-0.25, -0.2) is 4.98 Å². The number of nitrogens with one attached hydrogen (secondary N) is 1. The summed E-state index contributed by atoms with van der Waals surface area (Å²) >= 11 is 1.42. The maximum atomic E-state index is 12.2. The van der Waals surface area contributed by atoms with Crippen molar-refractivity contribution in [2.75, 3.05) is 5.32 Å². The van der Waals surface area contributed by atoms with Gasteiger partial charge in [-0.15, -0.1) is 11.3 Å². The van der Waals surface area contributed by atoms with E-state index in [1.165, 1.54) is 11.3 Å². The van der Waals surface area contributed by atoms with Crippen LogP contribution in [-0.4, -0.2) is 27.7 Å². The van der Waals surface area contributed by atoms with E-state index in [1.54, 1.807) is 12.4 Å². The molecule has 2 aromatic rings. The van der Waals surface area contributed by atoms with E-state index in [2.05, 4.69) is 34.3 Å². The number of oxime groups is 1. The molecular weight excluding hydrogens is 300 g/mol. The first-order valence-corrected chi connectivity index (χ1v) is 7.91. The Balaban J connectivity index is 1.60. The fourth-order valence-electron chi connectivity index (χ4n) is 2.02. The highest BCUT2D eigenvalue weighted by molar-refractivity contribution is 7.13. The number of hydrogen-bond acceptors (Lipinski definition) is 6. The Morgan fingerprint density at radius 3 is 3.05 bits per heavy atom. The SMILES string of the molecule is CC(C)c1csc(NC(=O)[C@@H]2CC(c3cccnc3)=NO2)n1. The molecule has 1 amide bonds. The minimum atomic E-state index is -0.624. The lowest BCUT2D eigenvalue weighted by molar-refractivity contribution is -0.125. The van der Waals surface area contributed by atoms with Crippen LogP contribution in [0, 0.1) is 0 Å². The summed E-state index contributed by atoms with van der Waals surface area (Å²) in [5.41, 5.74) is 2.57. The number of carbonyl (C=O) groups excluding carboxylic acids is 1. The van der Waals surface area contributed by atoms with Crippen molar-refractivity contribution in [2.45, 2.75) is 32.3 Å². The molecule has 0 aromatic carbocycles. The van der Waals surface area contributed by atoms with Crippen LogP contribution in [0.15, 0.2) is 35.1 Å². The third-order valence-corrected chi connectivity index (χ3v) is 4.08. The second kappa shape index (κ2) is 6.23.